The minimum Gasteiger partial charge on any atom is -0.495 e. The first-order valence-electron chi connectivity index (χ1n) is 11.1. The van der Waals surface area contributed by atoms with Crippen molar-refractivity contribution in [2.75, 3.05) is 22.6 Å². The van der Waals surface area contributed by atoms with Crippen molar-refractivity contribution < 1.29 is 14.3 Å². The Labute approximate surface area is 218 Å². The van der Waals surface area contributed by atoms with E-state index in [1.54, 1.807) is 35.2 Å². The molecule has 0 atom stereocenters. The number of carbonyl (C=O) groups is 2. The van der Waals surface area contributed by atoms with E-state index in [1.807, 2.05) is 48.5 Å². The maximum absolute atomic E-state index is 13.8. The first-order valence-corrected chi connectivity index (χ1v) is 11.9. The van der Waals surface area contributed by atoms with Gasteiger partial charge in [0.25, 0.3) is 11.8 Å². The Morgan fingerprint density at radius 3 is 2.47 bits per heavy atom. The van der Waals surface area contributed by atoms with Crippen LogP contribution in [-0.4, -0.2) is 18.9 Å². The molecule has 0 spiro atoms. The number of halogens is 2. The summed E-state index contributed by atoms with van der Waals surface area (Å²) in [4.78, 5) is 28.3. The molecule has 0 radical (unpaired) electrons. The van der Waals surface area contributed by atoms with E-state index < -0.39 is 5.91 Å². The molecule has 4 aromatic rings. The SMILES string of the molecule is COc1cc(C(=O)N2Cc3ccccc3Nc3ccccc32)ccc1NC(=O)c1cc(Cl)ccc1Cl. The maximum Gasteiger partial charge on any atom is 0.258 e. The molecule has 6 nitrogen and oxygen atoms in total. The second-order valence-corrected chi connectivity index (χ2v) is 9.03. The third-order valence-electron chi connectivity index (χ3n) is 5.92. The second kappa shape index (κ2) is 9.93. The lowest BCUT2D eigenvalue weighted by molar-refractivity contribution is 0.0984. The highest BCUT2D eigenvalue weighted by Gasteiger charge is 2.25. The first-order chi connectivity index (χ1) is 17.4. The fraction of sp³-hybridized carbons (Fsp3) is 0.0714. The molecule has 0 fully saturated rings. The Kier molecular flexibility index (Phi) is 6.55. The number of anilines is 4. The molecule has 0 saturated carbocycles. The van der Waals surface area contributed by atoms with Crippen LogP contribution in [0.3, 0.4) is 0 Å². The van der Waals surface area contributed by atoms with Crippen molar-refractivity contribution in [1.29, 1.82) is 0 Å². The summed E-state index contributed by atoms with van der Waals surface area (Å²) in [5, 5.41) is 6.89. The van der Waals surface area contributed by atoms with Gasteiger partial charge >= 0.3 is 0 Å². The number of fused-ring (bicyclic) bond motifs is 2. The van der Waals surface area contributed by atoms with Gasteiger partial charge in [-0.25, -0.2) is 0 Å². The molecule has 1 aliphatic heterocycles. The molecule has 1 heterocycles. The number of amides is 2. The topological polar surface area (TPSA) is 70.7 Å². The summed E-state index contributed by atoms with van der Waals surface area (Å²) in [5.41, 5.74) is 4.61. The third kappa shape index (κ3) is 4.61. The molecule has 2 N–H and O–H groups in total. The van der Waals surface area contributed by atoms with Gasteiger partial charge in [0.05, 0.1) is 41.3 Å². The predicted octanol–water partition coefficient (Wildman–Crippen LogP) is 7.16. The van der Waals surface area contributed by atoms with Crippen LogP contribution in [0, 0.1) is 0 Å². The van der Waals surface area contributed by atoms with E-state index in [4.69, 9.17) is 27.9 Å². The van der Waals surface area contributed by atoms with Gasteiger partial charge in [-0.3, -0.25) is 9.59 Å². The van der Waals surface area contributed by atoms with Crippen LogP contribution in [0.15, 0.2) is 84.9 Å². The monoisotopic (exact) mass is 517 g/mol. The van der Waals surface area contributed by atoms with Gasteiger partial charge in [-0.15, -0.1) is 0 Å². The van der Waals surface area contributed by atoms with Crippen molar-refractivity contribution in [3.8, 4) is 5.75 Å². The van der Waals surface area contributed by atoms with Gasteiger partial charge in [-0.2, -0.15) is 0 Å². The van der Waals surface area contributed by atoms with Gasteiger partial charge in [0.2, 0.25) is 0 Å². The standard InChI is InChI=1S/C28H21Cl2N3O3/c1-36-26-14-17(10-13-24(26)32-27(34)20-15-19(29)11-12-21(20)30)28(35)33-16-18-6-2-3-7-22(18)31-23-8-4-5-9-25(23)33/h2-15,31H,16H2,1H3,(H,32,34). The molecule has 0 saturated heterocycles. The quantitative estimate of drug-likeness (QED) is 0.301. The van der Waals surface area contributed by atoms with E-state index in [-0.39, 0.29) is 16.5 Å². The van der Waals surface area contributed by atoms with Gasteiger partial charge in [0.15, 0.2) is 0 Å². The Hall–Kier alpha value is -4.00. The molecule has 8 heteroatoms. The summed E-state index contributed by atoms with van der Waals surface area (Å²) in [6.07, 6.45) is 0. The van der Waals surface area contributed by atoms with E-state index in [0.29, 0.717) is 28.6 Å². The number of para-hydroxylation sites is 3. The predicted molar refractivity (Wildman–Crippen MR) is 144 cm³/mol. The fourth-order valence-electron chi connectivity index (χ4n) is 4.12. The van der Waals surface area contributed by atoms with Crippen LogP contribution in [0.4, 0.5) is 22.7 Å². The Bertz CT molecular complexity index is 1490. The van der Waals surface area contributed by atoms with Gasteiger partial charge in [0.1, 0.15) is 5.75 Å². The number of nitrogens with zero attached hydrogens (tertiary/aromatic N) is 1. The number of hydrogen-bond acceptors (Lipinski definition) is 4. The molecular formula is C28H21Cl2N3O3. The highest BCUT2D eigenvalue weighted by Crippen LogP contribution is 2.37. The van der Waals surface area contributed by atoms with Crippen LogP contribution < -0.4 is 20.3 Å². The van der Waals surface area contributed by atoms with Crippen molar-refractivity contribution in [2.45, 2.75) is 6.54 Å². The van der Waals surface area contributed by atoms with Crippen LogP contribution in [0.25, 0.3) is 0 Å². The largest absolute Gasteiger partial charge is 0.495 e. The summed E-state index contributed by atoms with van der Waals surface area (Å²) < 4.78 is 5.51. The molecule has 5 rings (SSSR count). The normalized spacial score (nSPS) is 12.0. The molecule has 0 bridgehead atoms. The Morgan fingerprint density at radius 2 is 1.67 bits per heavy atom. The van der Waals surface area contributed by atoms with Crippen molar-refractivity contribution in [2.24, 2.45) is 0 Å². The molecule has 2 amide bonds. The molecule has 36 heavy (non-hydrogen) atoms. The smallest absolute Gasteiger partial charge is 0.258 e. The minimum absolute atomic E-state index is 0.199. The molecule has 0 unspecified atom stereocenters. The number of hydrogen-bond donors (Lipinski definition) is 2. The summed E-state index contributed by atoms with van der Waals surface area (Å²) in [7, 11) is 1.48. The van der Waals surface area contributed by atoms with Crippen molar-refractivity contribution in [3.63, 3.8) is 0 Å². The number of carbonyl (C=O) groups excluding carboxylic acids is 2. The summed E-state index contributed by atoms with van der Waals surface area (Å²) in [6, 6.07) is 25.1. The maximum atomic E-state index is 13.8. The zero-order valence-corrected chi connectivity index (χ0v) is 20.7. The summed E-state index contributed by atoms with van der Waals surface area (Å²) >= 11 is 12.2. The number of benzene rings is 4. The lowest BCUT2D eigenvalue weighted by Crippen LogP contribution is -2.30. The van der Waals surface area contributed by atoms with E-state index in [2.05, 4.69) is 10.6 Å². The molecular weight excluding hydrogens is 497 g/mol. The second-order valence-electron chi connectivity index (χ2n) is 8.18. The van der Waals surface area contributed by atoms with Crippen LogP contribution in [0.5, 0.6) is 5.75 Å². The average Bonchev–Trinajstić information content (AvgIpc) is 3.06. The van der Waals surface area contributed by atoms with Gasteiger partial charge < -0.3 is 20.3 Å². The fourth-order valence-corrected chi connectivity index (χ4v) is 4.50. The van der Waals surface area contributed by atoms with Crippen molar-refractivity contribution in [1.82, 2.24) is 0 Å². The van der Waals surface area contributed by atoms with Crippen molar-refractivity contribution in [3.05, 3.63) is 112 Å². The molecule has 4 aromatic carbocycles. The van der Waals surface area contributed by atoms with E-state index >= 15 is 0 Å². The van der Waals surface area contributed by atoms with Crippen LogP contribution >= 0.6 is 23.2 Å². The van der Waals surface area contributed by atoms with Crippen molar-refractivity contribution >= 4 is 57.8 Å². The van der Waals surface area contributed by atoms with Crippen LogP contribution in [0.2, 0.25) is 10.0 Å². The average molecular weight is 518 g/mol. The number of methoxy groups -OCH3 is 1. The van der Waals surface area contributed by atoms with E-state index in [0.717, 1.165) is 22.6 Å². The number of rotatable bonds is 4. The van der Waals surface area contributed by atoms with Gasteiger partial charge in [0, 0.05) is 16.3 Å². The van der Waals surface area contributed by atoms with Gasteiger partial charge in [-0.1, -0.05) is 53.5 Å². The number of nitrogens with one attached hydrogen (secondary N) is 2. The Balaban J connectivity index is 1.46. The van der Waals surface area contributed by atoms with Crippen LogP contribution in [-0.2, 0) is 6.54 Å². The van der Waals surface area contributed by atoms with Gasteiger partial charge in [-0.05, 0) is 60.2 Å². The first kappa shape index (κ1) is 23.7. The number of ether oxygens (including phenoxy) is 1. The highest BCUT2D eigenvalue weighted by molar-refractivity contribution is 6.36. The minimum atomic E-state index is -0.441. The highest BCUT2D eigenvalue weighted by atomic mass is 35.5. The lowest BCUT2D eigenvalue weighted by Gasteiger charge is -2.23. The summed E-state index contributed by atoms with van der Waals surface area (Å²) in [5.74, 6) is -0.298. The molecule has 1 aliphatic rings. The zero-order chi connectivity index (χ0) is 25.2. The zero-order valence-electron chi connectivity index (χ0n) is 19.2. The lowest BCUT2D eigenvalue weighted by atomic mass is 10.1. The summed E-state index contributed by atoms with van der Waals surface area (Å²) in [6.45, 7) is 0.396. The molecule has 0 aromatic heterocycles. The molecule has 180 valence electrons. The third-order valence-corrected chi connectivity index (χ3v) is 6.49. The Morgan fingerprint density at radius 1 is 0.917 bits per heavy atom. The van der Waals surface area contributed by atoms with Crippen LogP contribution in [0.1, 0.15) is 26.3 Å². The van der Waals surface area contributed by atoms with E-state index in [1.165, 1.54) is 13.2 Å². The van der Waals surface area contributed by atoms with E-state index in [9.17, 15) is 9.59 Å². The molecule has 0 aliphatic carbocycles.